The maximum absolute atomic E-state index is 11.9. The van der Waals surface area contributed by atoms with E-state index in [2.05, 4.69) is 18.8 Å². The van der Waals surface area contributed by atoms with Gasteiger partial charge in [0.2, 0.25) is 5.51 Å². The lowest BCUT2D eigenvalue weighted by molar-refractivity contribution is -0.689. The first-order valence-electron chi connectivity index (χ1n) is 7.20. The Balaban J connectivity index is 0.00000364. The fraction of sp³-hybridized carbons (Fsp3) is 0.462. The van der Waals surface area contributed by atoms with Gasteiger partial charge in [0.05, 0.1) is 11.5 Å². The van der Waals surface area contributed by atoms with Crippen LogP contribution in [0.4, 0.5) is 0 Å². The highest BCUT2D eigenvalue weighted by molar-refractivity contribution is 7.60. The molecule has 0 aliphatic carbocycles. The third-order valence-electron chi connectivity index (χ3n) is 3.28. The number of hydrogen-bond acceptors (Lipinski definition) is 8. The number of H-pyrrole nitrogens is 1. The van der Waals surface area contributed by atoms with E-state index in [-0.39, 0.29) is 26.0 Å². The molecule has 0 aliphatic heterocycles. The van der Waals surface area contributed by atoms with Crippen LogP contribution >= 0.6 is 27.0 Å². The van der Waals surface area contributed by atoms with Gasteiger partial charge in [-0.15, -0.1) is 0 Å². The molecule has 0 saturated heterocycles. The highest BCUT2D eigenvalue weighted by atomic mass is 32.1. The van der Waals surface area contributed by atoms with Crippen LogP contribution in [-0.4, -0.2) is 26.4 Å². The lowest BCUT2D eigenvalue weighted by atomic mass is 10.3. The first kappa shape index (κ1) is 23.8. The van der Waals surface area contributed by atoms with E-state index in [1.165, 1.54) is 17.5 Å². The maximum Gasteiger partial charge on any atom is 0.476 e. The van der Waals surface area contributed by atoms with E-state index in [1.54, 1.807) is 19.4 Å². The zero-order chi connectivity index (χ0) is 19.5. The Hall–Kier alpha value is -1.23. The van der Waals surface area contributed by atoms with Crippen molar-refractivity contribution in [1.82, 2.24) is 9.97 Å². The largest absolute Gasteiger partial charge is 0.756 e. The fourth-order valence-corrected chi connectivity index (χ4v) is 4.58. The summed E-state index contributed by atoms with van der Waals surface area (Å²) < 4.78 is 31.7. The first-order chi connectivity index (χ1) is 12.0. The van der Waals surface area contributed by atoms with Gasteiger partial charge in [0.25, 0.3) is 13.4 Å². The lowest BCUT2D eigenvalue weighted by Gasteiger charge is -2.22. The van der Waals surface area contributed by atoms with E-state index in [0.29, 0.717) is 17.9 Å². The average molecular weight is 441 g/mol. The van der Waals surface area contributed by atoms with Crippen molar-refractivity contribution in [2.24, 2.45) is 0 Å². The van der Waals surface area contributed by atoms with Crippen LogP contribution < -0.4 is 15.0 Å². The molecule has 14 heteroatoms. The second-order valence-corrected chi connectivity index (χ2v) is 9.01. The fourth-order valence-electron chi connectivity index (χ4n) is 2.06. The topological polar surface area (TPSA) is 166 Å². The number of rotatable bonds is 8. The van der Waals surface area contributed by atoms with Gasteiger partial charge in [0.1, 0.15) is 11.4 Å². The van der Waals surface area contributed by atoms with Crippen molar-refractivity contribution in [3.05, 3.63) is 44.0 Å². The molecule has 3 N–H and O–H groups in total. The normalized spacial score (nSPS) is 13.8. The molecule has 0 spiro atoms. The molecule has 0 bridgehead atoms. The molecule has 2 aromatic heterocycles. The molecular formula is C13H21N3O8P2S. The quantitative estimate of drug-likeness (QED) is 0.392. The van der Waals surface area contributed by atoms with Gasteiger partial charge in [-0.05, 0) is 6.92 Å². The van der Waals surface area contributed by atoms with Gasteiger partial charge in [-0.3, -0.25) is 9.36 Å². The molecule has 0 fully saturated rings. The number of nitrogens with one attached hydrogen (secondary N) is 1. The van der Waals surface area contributed by atoms with E-state index < -0.39 is 15.6 Å². The van der Waals surface area contributed by atoms with Crippen LogP contribution in [0.1, 0.15) is 29.4 Å². The van der Waals surface area contributed by atoms with E-state index in [0.717, 1.165) is 10.6 Å². The molecule has 0 radical (unpaired) electrons. The van der Waals surface area contributed by atoms with Crippen molar-refractivity contribution in [3.63, 3.8) is 0 Å². The molecule has 1 atom stereocenters. The van der Waals surface area contributed by atoms with Crippen LogP contribution in [0.5, 0.6) is 0 Å². The van der Waals surface area contributed by atoms with E-state index in [4.69, 9.17) is 9.79 Å². The molecule has 2 heterocycles. The summed E-state index contributed by atoms with van der Waals surface area (Å²) in [7, 11) is -10.3. The van der Waals surface area contributed by atoms with Crippen LogP contribution in [0, 0.1) is 13.8 Å². The SMILES string of the molecule is C.Cc1ncc(C[n+]2csc(CCOP(=O)([O-])OP(=O)(O)O)c2C)c(=O)[nH]1. The molecule has 0 aliphatic rings. The van der Waals surface area contributed by atoms with Gasteiger partial charge in [-0.25, -0.2) is 13.9 Å². The van der Waals surface area contributed by atoms with Gasteiger partial charge in [-0.2, -0.15) is 4.57 Å². The summed E-state index contributed by atoms with van der Waals surface area (Å²) in [5.41, 5.74) is 2.81. The molecule has 0 aromatic carbocycles. The third-order valence-corrected chi connectivity index (χ3v) is 6.58. The number of nitrogens with zero attached hydrogens (tertiary/aromatic N) is 2. The second kappa shape index (κ2) is 9.31. The number of aryl methyl sites for hydroxylation is 1. The molecule has 1 unspecified atom stereocenters. The predicted molar refractivity (Wildman–Crippen MR) is 95.1 cm³/mol. The standard InChI is InChI=1S/C12H17N3O8P2S.CH4/c1-8-11(3-4-22-25(20,21)23-24(17,18)19)26-7-15(8)6-10-5-13-9(2)14-12(10)16;/h5,7H,3-4,6H2,1-2H3,(H3-,13,14,16,17,18,19,20,21);1H4. The number of thiazole rings is 1. The Labute approximate surface area is 159 Å². The average Bonchev–Trinajstić information content (AvgIpc) is 2.80. The molecule has 152 valence electrons. The van der Waals surface area contributed by atoms with Crippen molar-refractivity contribution in [2.45, 2.75) is 34.2 Å². The number of aromatic nitrogens is 3. The summed E-state index contributed by atoms with van der Waals surface area (Å²) in [4.78, 5) is 47.6. The molecule has 27 heavy (non-hydrogen) atoms. The number of hydrogen-bond donors (Lipinski definition) is 3. The van der Waals surface area contributed by atoms with Crippen LogP contribution in [0.3, 0.4) is 0 Å². The van der Waals surface area contributed by atoms with E-state index >= 15 is 0 Å². The molecule has 11 nitrogen and oxygen atoms in total. The van der Waals surface area contributed by atoms with Crippen LogP contribution in [-0.2, 0) is 30.9 Å². The minimum absolute atomic E-state index is 0. The zero-order valence-electron chi connectivity index (χ0n) is 13.8. The van der Waals surface area contributed by atoms with Crippen LogP contribution in [0.2, 0.25) is 0 Å². The highest BCUT2D eigenvalue weighted by Gasteiger charge is 2.24. The summed E-state index contributed by atoms with van der Waals surface area (Å²) in [6, 6.07) is 0. The summed E-state index contributed by atoms with van der Waals surface area (Å²) in [5.74, 6) is 0.517. The van der Waals surface area contributed by atoms with Crippen molar-refractivity contribution < 1.29 is 37.2 Å². The van der Waals surface area contributed by atoms with Gasteiger partial charge < -0.3 is 24.2 Å². The van der Waals surface area contributed by atoms with Gasteiger partial charge in [0.15, 0.2) is 12.2 Å². The molecule has 2 aromatic rings. The maximum atomic E-state index is 11.9. The third kappa shape index (κ3) is 7.36. The number of phosphoric ester groups is 1. The predicted octanol–water partition coefficient (Wildman–Crippen LogP) is 0.557. The van der Waals surface area contributed by atoms with Gasteiger partial charge in [0, 0.05) is 19.5 Å². The van der Waals surface area contributed by atoms with Crippen molar-refractivity contribution in [2.75, 3.05) is 6.61 Å². The Bertz CT molecular complexity index is 938. The smallest absolute Gasteiger partial charge is 0.476 e. The minimum atomic E-state index is -5.19. The Morgan fingerprint density at radius 1 is 1.37 bits per heavy atom. The Kier molecular flexibility index (Phi) is 8.21. The van der Waals surface area contributed by atoms with Gasteiger partial charge in [-0.1, -0.05) is 18.8 Å². The summed E-state index contributed by atoms with van der Waals surface area (Å²) in [6.07, 6.45) is 1.68. The van der Waals surface area contributed by atoms with Crippen molar-refractivity contribution >= 4 is 27.0 Å². The van der Waals surface area contributed by atoms with E-state index in [9.17, 15) is 18.8 Å². The number of phosphoric acid groups is 2. The number of aromatic amines is 1. The van der Waals surface area contributed by atoms with Gasteiger partial charge >= 0.3 is 7.82 Å². The molecular weight excluding hydrogens is 420 g/mol. The molecule has 0 amide bonds. The lowest BCUT2D eigenvalue weighted by Crippen LogP contribution is -2.37. The summed E-state index contributed by atoms with van der Waals surface area (Å²) >= 11 is 1.33. The summed E-state index contributed by atoms with van der Waals surface area (Å²) in [6.45, 7) is 3.43. The van der Waals surface area contributed by atoms with Crippen molar-refractivity contribution in [1.29, 1.82) is 0 Å². The van der Waals surface area contributed by atoms with Crippen LogP contribution in [0.15, 0.2) is 16.5 Å². The second-order valence-electron chi connectivity index (χ2n) is 5.29. The molecule has 0 saturated carbocycles. The zero-order valence-corrected chi connectivity index (χ0v) is 16.4. The monoisotopic (exact) mass is 441 g/mol. The Morgan fingerprint density at radius 2 is 2.04 bits per heavy atom. The van der Waals surface area contributed by atoms with E-state index in [1.807, 2.05) is 4.57 Å². The first-order valence-corrected chi connectivity index (χ1v) is 11.1. The highest BCUT2D eigenvalue weighted by Crippen LogP contribution is 2.54. The van der Waals surface area contributed by atoms with Crippen molar-refractivity contribution in [3.8, 4) is 0 Å². The Morgan fingerprint density at radius 3 is 2.63 bits per heavy atom. The molecule has 2 rings (SSSR count). The minimum Gasteiger partial charge on any atom is -0.756 e. The summed E-state index contributed by atoms with van der Waals surface area (Å²) in [5, 5.41) is 0. The van der Waals surface area contributed by atoms with Crippen LogP contribution in [0.25, 0.3) is 0 Å².